The molecule has 1 aliphatic heterocycles. The van der Waals surface area contributed by atoms with Crippen molar-refractivity contribution in [3.8, 4) is 0 Å². The van der Waals surface area contributed by atoms with Gasteiger partial charge in [0.2, 0.25) is 5.78 Å². The van der Waals surface area contributed by atoms with Crippen molar-refractivity contribution in [3.05, 3.63) is 65.3 Å². The second-order valence-electron chi connectivity index (χ2n) is 6.99. The number of aromatic nitrogens is 3. The van der Waals surface area contributed by atoms with Crippen molar-refractivity contribution in [1.82, 2.24) is 25.4 Å². The van der Waals surface area contributed by atoms with Gasteiger partial charge in [0.05, 0.1) is 30.8 Å². The highest BCUT2D eigenvalue weighted by Crippen LogP contribution is 2.24. The molecule has 0 saturated carbocycles. The summed E-state index contributed by atoms with van der Waals surface area (Å²) in [4.78, 5) is 25.5. The second kappa shape index (κ2) is 7.98. The number of hydrazine groups is 1. The molecule has 1 saturated heterocycles. The zero-order valence-electron chi connectivity index (χ0n) is 16.3. The number of carbonyl (C=O) groups is 2. The summed E-state index contributed by atoms with van der Waals surface area (Å²) >= 11 is 0. The van der Waals surface area contributed by atoms with E-state index >= 15 is 0 Å². The first-order valence-corrected chi connectivity index (χ1v) is 9.30. The summed E-state index contributed by atoms with van der Waals surface area (Å²) < 4.78 is 6.97. The average Bonchev–Trinajstić information content (AvgIpc) is 3.44. The number of hydrogen-bond acceptors (Lipinski definition) is 8. The van der Waals surface area contributed by atoms with Crippen LogP contribution in [-0.4, -0.2) is 44.8 Å². The van der Waals surface area contributed by atoms with E-state index in [1.807, 2.05) is 55.3 Å². The van der Waals surface area contributed by atoms with Crippen molar-refractivity contribution in [2.75, 3.05) is 11.6 Å². The minimum atomic E-state index is -0.732. The van der Waals surface area contributed by atoms with Crippen LogP contribution in [0.5, 0.6) is 0 Å². The number of anilines is 1. The van der Waals surface area contributed by atoms with Crippen LogP contribution < -0.4 is 10.3 Å². The van der Waals surface area contributed by atoms with Crippen molar-refractivity contribution >= 4 is 17.8 Å². The number of Topliss-reactive ketones (excluding diaryl/α,β-unsaturated/α-hetero) is 1. The molecule has 1 N–H and O–H groups in total. The van der Waals surface area contributed by atoms with Gasteiger partial charge in [0, 0.05) is 18.3 Å². The normalized spacial score (nSPS) is 17.0. The van der Waals surface area contributed by atoms with Crippen LogP contribution in [0.15, 0.2) is 47.2 Å². The third-order valence-corrected chi connectivity index (χ3v) is 5.05. The second-order valence-corrected chi connectivity index (χ2v) is 6.99. The van der Waals surface area contributed by atoms with E-state index in [0.717, 1.165) is 28.3 Å². The Morgan fingerprint density at radius 3 is 2.76 bits per heavy atom. The van der Waals surface area contributed by atoms with E-state index in [9.17, 15) is 9.59 Å². The molecule has 0 amide bonds. The Morgan fingerprint density at radius 1 is 1.28 bits per heavy atom. The molecule has 1 fully saturated rings. The van der Waals surface area contributed by atoms with Crippen LogP contribution in [-0.2, 0) is 22.7 Å². The number of aryl methyl sites for hydroxylation is 2. The van der Waals surface area contributed by atoms with Gasteiger partial charge < -0.3 is 9.42 Å². The summed E-state index contributed by atoms with van der Waals surface area (Å²) in [7, 11) is 0. The molecule has 2 aromatic heterocycles. The number of aldehydes is 1. The Bertz CT molecular complexity index is 993. The van der Waals surface area contributed by atoms with Crippen LogP contribution >= 0.6 is 0 Å². The molecule has 3 aromatic rings. The van der Waals surface area contributed by atoms with E-state index in [1.165, 1.54) is 0 Å². The van der Waals surface area contributed by atoms with Gasteiger partial charge in [-0.1, -0.05) is 35.5 Å². The Labute approximate surface area is 167 Å². The first-order valence-electron chi connectivity index (χ1n) is 9.30. The fourth-order valence-electron chi connectivity index (χ4n) is 3.51. The summed E-state index contributed by atoms with van der Waals surface area (Å²) in [5.74, 6) is 0.245. The Kier molecular flexibility index (Phi) is 5.24. The Morgan fingerprint density at radius 2 is 2.07 bits per heavy atom. The number of ketones is 1. The predicted octanol–water partition coefficient (Wildman–Crippen LogP) is 1.41. The van der Waals surface area contributed by atoms with Gasteiger partial charge in [-0.15, -0.1) is 0 Å². The smallest absolute Gasteiger partial charge is 0.233 e. The van der Waals surface area contributed by atoms with E-state index in [-0.39, 0.29) is 0 Å². The van der Waals surface area contributed by atoms with Crippen molar-refractivity contribution in [3.63, 3.8) is 0 Å². The summed E-state index contributed by atoms with van der Waals surface area (Å²) in [6.07, 6.45) is 3.18. The van der Waals surface area contributed by atoms with Gasteiger partial charge in [-0.3, -0.25) is 14.3 Å². The van der Waals surface area contributed by atoms with Crippen molar-refractivity contribution < 1.29 is 14.1 Å². The molecule has 4 rings (SSSR count). The summed E-state index contributed by atoms with van der Waals surface area (Å²) in [6, 6.07) is 9.79. The molecule has 9 heteroatoms. The van der Waals surface area contributed by atoms with E-state index < -0.39 is 11.9 Å². The van der Waals surface area contributed by atoms with Gasteiger partial charge >= 0.3 is 0 Å². The molecule has 0 aliphatic carbocycles. The molecular formula is C20H22N6O3. The Hall–Kier alpha value is -3.30. The van der Waals surface area contributed by atoms with Crippen molar-refractivity contribution in [2.45, 2.75) is 33.1 Å². The van der Waals surface area contributed by atoms with Gasteiger partial charge in [0.1, 0.15) is 5.76 Å². The zero-order valence-corrected chi connectivity index (χ0v) is 16.3. The standard InChI is InChI=1S/C20H22N6O3/c1-14-18(15(2)29-23-14)11-24-10-17(8-21-24)25-13-22-26(20(25)19(28)12-27)9-16-6-4-3-5-7-16/h3-8,10,12,20,22H,9,11,13H2,1-2H3. The summed E-state index contributed by atoms with van der Waals surface area (Å²) in [5.41, 5.74) is 6.80. The lowest BCUT2D eigenvalue weighted by Crippen LogP contribution is -2.47. The Balaban J connectivity index is 1.55. The van der Waals surface area contributed by atoms with Crippen molar-refractivity contribution in [1.29, 1.82) is 0 Å². The lowest BCUT2D eigenvalue weighted by atomic mass is 10.2. The first-order chi connectivity index (χ1) is 14.1. The van der Waals surface area contributed by atoms with Crippen LogP contribution in [0, 0.1) is 13.8 Å². The molecule has 1 unspecified atom stereocenters. The number of hydrogen-bond donors (Lipinski definition) is 1. The number of nitrogens with zero attached hydrogens (tertiary/aromatic N) is 5. The fraction of sp³-hybridized carbons (Fsp3) is 0.300. The van der Waals surface area contributed by atoms with Gasteiger partial charge in [0.25, 0.3) is 0 Å². The first kappa shape index (κ1) is 19.0. The lowest BCUT2D eigenvalue weighted by molar-refractivity contribution is -0.133. The zero-order chi connectivity index (χ0) is 20.4. The van der Waals surface area contributed by atoms with Crippen LogP contribution in [0.4, 0.5) is 5.69 Å². The highest BCUT2D eigenvalue weighted by molar-refractivity contribution is 6.28. The molecular weight excluding hydrogens is 372 g/mol. The molecule has 1 atom stereocenters. The topological polar surface area (TPSA) is 96.5 Å². The van der Waals surface area contributed by atoms with Crippen LogP contribution in [0.1, 0.15) is 22.6 Å². The van der Waals surface area contributed by atoms with Gasteiger partial charge in [-0.05, 0) is 19.4 Å². The molecule has 0 bridgehead atoms. The molecule has 150 valence electrons. The van der Waals surface area contributed by atoms with Gasteiger partial charge in [-0.25, -0.2) is 10.4 Å². The van der Waals surface area contributed by atoms with E-state index in [2.05, 4.69) is 15.7 Å². The quantitative estimate of drug-likeness (QED) is 0.475. The summed E-state index contributed by atoms with van der Waals surface area (Å²) in [6.45, 7) is 5.16. The molecule has 0 radical (unpaired) electrons. The van der Waals surface area contributed by atoms with Gasteiger partial charge in [0.15, 0.2) is 12.5 Å². The molecule has 0 spiro atoms. The summed E-state index contributed by atoms with van der Waals surface area (Å²) in [5, 5.41) is 10.1. The number of rotatable bonds is 7. The largest absolute Gasteiger partial charge is 0.361 e. The predicted molar refractivity (Wildman–Crippen MR) is 105 cm³/mol. The fourth-order valence-corrected chi connectivity index (χ4v) is 3.51. The highest BCUT2D eigenvalue weighted by Gasteiger charge is 2.37. The number of benzene rings is 1. The molecule has 1 aliphatic rings. The maximum atomic E-state index is 12.4. The third kappa shape index (κ3) is 3.82. The van der Waals surface area contributed by atoms with Crippen LogP contribution in [0.2, 0.25) is 0 Å². The number of carbonyl (C=O) groups excluding carboxylic acids is 2. The average molecular weight is 394 g/mol. The SMILES string of the molecule is Cc1noc(C)c1Cn1cc(N2CNN(Cc3ccccc3)C2C(=O)C=O)cn1. The van der Waals surface area contributed by atoms with E-state index in [4.69, 9.17) is 4.52 Å². The van der Waals surface area contributed by atoms with Crippen LogP contribution in [0.25, 0.3) is 0 Å². The maximum Gasteiger partial charge on any atom is 0.233 e. The van der Waals surface area contributed by atoms with E-state index in [0.29, 0.717) is 26.0 Å². The maximum absolute atomic E-state index is 12.4. The third-order valence-electron chi connectivity index (χ3n) is 5.05. The van der Waals surface area contributed by atoms with Crippen LogP contribution in [0.3, 0.4) is 0 Å². The lowest BCUT2D eigenvalue weighted by Gasteiger charge is -2.26. The van der Waals surface area contributed by atoms with Gasteiger partial charge in [-0.2, -0.15) is 5.10 Å². The monoisotopic (exact) mass is 394 g/mol. The number of nitrogens with one attached hydrogen (secondary N) is 1. The molecule has 9 nitrogen and oxygen atoms in total. The minimum Gasteiger partial charge on any atom is -0.361 e. The molecule has 3 heterocycles. The highest BCUT2D eigenvalue weighted by atomic mass is 16.5. The van der Waals surface area contributed by atoms with Crippen molar-refractivity contribution in [2.24, 2.45) is 0 Å². The molecule has 29 heavy (non-hydrogen) atoms. The minimum absolute atomic E-state index is 0.372. The molecule has 1 aromatic carbocycles. The van der Waals surface area contributed by atoms with E-state index in [1.54, 1.807) is 15.9 Å².